The van der Waals surface area contributed by atoms with Crippen molar-refractivity contribution < 1.29 is 13.3 Å². The molecule has 1 saturated heterocycles. The molecule has 0 radical (unpaired) electrons. The predicted molar refractivity (Wildman–Crippen MR) is 72.1 cm³/mol. The van der Waals surface area contributed by atoms with Gasteiger partial charge in [0.05, 0.1) is 6.61 Å². The predicted octanol–water partition coefficient (Wildman–Crippen LogP) is 2.55. The Bertz CT molecular complexity index is 429. The lowest BCUT2D eigenvalue weighted by atomic mass is 10.1. The molecule has 18 heavy (non-hydrogen) atoms. The third-order valence-electron chi connectivity index (χ3n) is 2.99. The van der Waals surface area contributed by atoms with Crippen LogP contribution in [0, 0.1) is 5.82 Å². The first-order valence-corrected chi connectivity index (χ1v) is 7.71. The van der Waals surface area contributed by atoms with Crippen LogP contribution < -0.4 is 10.1 Å². The topological polar surface area (TPSA) is 38.3 Å². The molecule has 0 unspecified atom stereocenters. The van der Waals surface area contributed by atoms with E-state index in [0.717, 1.165) is 30.0 Å². The van der Waals surface area contributed by atoms with Crippen molar-refractivity contribution in [2.45, 2.75) is 25.8 Å². The molecule has 1 aliphatic rings. The van der Waals surface area contributed by atoms with Crippen molar-refractivity contribution in [3.63, 3.8) is 0 Å². The molecule has 1 aliphatic heterocycles. The number of hydrogen-bond acceptors (Lipinski definition) is 3. The molecule has 1 heterocycles. The van der Waals surface area contributed by atoms with Crippen molar-refractivity contribution >= 4 is 16.5 Å². The summed E-state index contributed by atoms with van der Waals surface area (Å²) in [4.78, 5) is 0. The summed E-state index contributed by atoms with van der Waals surface area (Å²) in [6.07, 6.45) is 1.75. The van der Waals surface area contributed by atoms with Crippen molar-refractivity contribution in [2.75, 3.05) is 23.4 Å². The van der Waals surface area contributed by atoms with Crippen LogP contribution in [-0.4, -0.2) is 28.4 Å². The highest BCUT2D eigenvalue weighted by atomic mass is 32.2. The van der Waals surface area contributed by atoms with Gasteiger partial charge >= 0.3 is 0 Å². The van der Waals surface area contributed by atoms with Gasteiger partial charge < -0.3 is 10.1 Å². The number of nitrogens with one attached hydrogen (secondary N) is 1. The highest BCUT2D eigenvalue weighted by molar-refractivity contribution is 7.85. The maximum Gasteiger partial charge on any atom is 0.167 e. The second-order valence-corrected chi connectivity index (χ2v) is 6.04. The van der Waals surface area contributed by atoms with Crippen LogP contribution in [0.15, 0.2) is 18.2 Å². The van der Waals surface area contributed by atoms with E-state index in [-0.39, 0.29) is 11.6 Å². The zero-order chi connectivity index (χ0) is 13.0. The average molecular weight is 271 g/mol. The van der Waals surface area contributed by atoms with Gasteiger partial charge in [0.15, 0.2) is 11.6 Å². The fraction of sp³-hybridized carbons (Fsp3) is 0.538. The minimum atomic E-state index is -0.664. The lowest BCUT2D eigenvalue weighted by molar-refractivity contribution is 0.321. The van der Waals surface area contributed by atoms with E-state index in [9.17, 15) is 8.60 Å². The van der Waals surface area contributed by atoms with E-state index in [2.05, 4.69) is 5.32 Å². The number of hydrogen-bond donors (Lipinski definition) is 1. The minimum Gasteiger partial charge on any atom is -0.491 e. The SMILES string of the molecule is CCOc1ccc(NC2CCS(=O)CC2)cc1F. The van der Waals surface area contributed by atoms with Crippen LogP contribution in [0.3, 0.4) is 0 Å². The lowest BCUT2D eigenvalue weighted by Crippen LogP contribution is -2.29. The van der Waals surface area contributed by atoms with E-state index < -0.39 is 10.8 Å². The molecule has 0 aliphatic carbocycles. The molecule has 1 aromatic carbocycles. The van der Waals surface area contributed by atoms with Gasteiger partial charge in [-0.15, -0.1) is 0 Å². The van der Waals surface area contributed by atoms with Crippen molar-refractivity contribution in [3.8, 4) is 5.75 Å². The summed E-state index contributed by atoms with van der Waals surface area (Å²) in [5.74, 6) is 1.41. The van der Waals surface area contributed by atoms with Crippen LogP contribution in [0.5, 0.6) is 5.75 Å². The van der Waals surface area contributed by atoms with Crippen molar-refractivity contribution in [1.82, 2.24) is 0 Å². The first-order chi connectivity index (χ1) is 8.69. The summed E-state index contributed by atoms with van der Waals surface area (Å²) in [6, 6.07) is 5.21. The Labute approximate surface area is 109 Å². The van der Waals surface area contributed by atoms with Crippen molar-refractivity contribution in [1.29, 1.82) is 0 Å². The molecule has 0 bridgehead atoms. The van der Waals surface area contributed by atoms with Crippen LogP contribution in [0.4, 0.5) is 10.1 Å². The molecule has 0 atom stereocenters. The van der Waals surface area contributed by atoms with Gasteiger partial charge in [-0.3, -0.25) is 4.21 Å². The van der Waals surface area contributed by atoms with Crippen LogP contribution in [0.2, 0.25) is 0 Å². The second-order valence-electron chi connectivity index (χ2n) is 4.34. The van der Waals surface area contributed by atoms with E-state index in [1.54, 1.807) is 6.07 Å². The largest absolute Gasteiger partial charge is 0.491 e. The zero-order valence-corrected chi connectivity index (χ0v) is 11.3. The number of rotatable bonds is 4. The summed E-state index contributed by atoms with van der Waals surface area (Å²) in [5.41, 5.74) is 0.758. The smallest absolute Gasteiger partial charge is 0.167 e. The average Bonchev–Trinajstić information content (AvgIpc) is 2.36. The fourth-order valence-corrected chi connectivity index (χ4v) is 3.34. The summed E-state index contributed by atoms with van der Waals surface area (Å²) in [5, 5.41) is 3.28. The molecule has 0 saturated carbocycles. The van der Waals surface area contributed by atoms with Gasteiger partial charge in [0.2, 0.25) is 0 Å². The maximum atomic E-state index is 13.6. The molecule has 3 nitrogen and oxygen atoms in total. The number of ether oxygens (including phenoxy) is 1. The third-order valence-corrected chi connectivity index (χ3v) is 4.37. The molecule has 0 amide bonds. The zero-order valence-electron chi connectivity index (χ0n) is 10.4. The second kappa shape index (κ2) is 6.18. The van der Waals surface area contributed by atoms with Crippen LogP contribution in [0.1, 0.15) is 19.8 Å². The van der Waals surface area contributed by atoms with Gasteiger partial charge in [0.1, 0.15) is 0 Å². The third kappa shape index (κ3) is 3.45. The van der Waals surface area contributed by atoms with Crippen LogP contribution in [-0.2, 0) is 10.8 Å². The van der Waals surface area contributed by atoms with Gasteiger partial charge in [-0.25, -0.2) is 4.39 Å². The highest BCUT2D eigenvalue weighted by Crippen LogP contribution is 2.23. The molecular weight excluding hydrogens is 253 g/mol. The van der Waals surface area contributed by atoms with Crippen molar-refractivity contribution in [3.05, 3.63) is 24.0 Å². The molecule has 1 N–H and O–H groups in total. The van der Waals surface area contributed by atoms with E-state index in [1.807, 2.05) is 13.0 Å². The van der Waals surface area contributed by atoms with Crippen LogP contribution >= 0.6 is 0 Å². The Morgan fingerprint density at radius 3 is 2.78 bits per heavy atom. The number of anilines is 1. The van der Waals surface area contributed by atoms with Gasteiger partial charge in [0.25, 0.3) is 0 Å². The highest BCUT2D eigenvalue weighted by Gasteiger charge is 2.17. The first kappa shape index (κ1) is 13.3. The Balaban J connectivity index is 1.97. The Kier molecular flexibility index (Phi) is 4.58. The minimum absolute atomic E-state index is 0.285. The van der Waals surface area contributed by atoms with Gasteiger partial charge in [0, 0.05) is 40.1 Å². The van der Waals surface area contributed by atoms with E-state index >= 15 is 0 Å². The quantitative estimate of drug-likeness (QED) is 0.914. The fourth-order valence-electron chi connectivity index (χ4n) is 2.04. The van der Waals surface area contributed by atoms with E-state index in [4.69, 9.17) is 4.74 Å². The number of halogens is 1. The number of benzene rings is 1. The molecule has 2 rings (SSSR count). The molecule has 0 spiro atoms. The summed E-state index contributed by atoms with van der Waals surface area (Å²) < 4.78 is 30.0. The van der Waals surface area contributed by atoms with Crippen LogP contribution in [0.25, 0.3) is 0 Å². The molecule has 100 valence electrons. The lowest BCUT2D eigenvalue weighted by Gasteiger charge is -2.23. The van der Waals surface area contributed by atoms with E-state index in [0.29, 0.717) is 12.6 Å². The first-order valence-electron chi connectivity index (χ1n) is 6.23. The normalized spacial score (nSPS) is 23.7. The Morgan fingerprint density at radius 1 is 1.44 bits per heavy atom. The van der Waals surface area contributed by atoms with Gasteiger partial charge in [-0.2, -0.15) is 0 Å². The van der Waals surface area contributed by atoms with Gasteiger partial charge in [-0.1, -0.05) is 0 Å². The van der Waals surface area contributed by atoms with Crippen molar-refractivity contribution in [2.24, 2.45) is 0 Å². The molecule has 1 fully saturated rings. The Hall–Kier alpha value is -1.10. The molecule has 0 aromatic heterocycles. The summed E-state index contributed by atoms with van der Waals surface area (Å²) in [7, 11) is -0.664. The molecular formula is C13H18FNO2S. The standard InChI is InChI=1S/C13H18FNO2S/c1-2-17-13-4-3-11(9-12(13)14)15-10-5-7-18(16)8-6-10/h3-4,9-10,15H,2,5-8H2,1H3. The Morgan fingerprint density at radius 2 is 2.17 bits per heavy atom. The monoisotopic (exact) mass is 271 g/mol. The molecule has 1 aromatic rings. The summed E-state index contributed by atoms with van der Waals surface area (Å²) >= 11 is 0. The summed E-state index contributed by atoms with van der Waals surface area (Å²) in [6.45, 7) is 2.28. The molecule has 5 heteroatoms. The van der Waals surface area contributed by atoms with E-state index in [1.165, 1.54) is 6.07 Å². The maximum absolute atomic E-state index is 13.6. The van der Waals surface area contributed by atoms with Gasteiger partial charge in [-0.05, 0) is 31.9 Å².